The van der Waals surface area contributed by atoms with E-state index in [2.05, 4.69) is 10.4 Å². The molecule has 0 fully saturated rings. The zero-order valence-corrected chi connectivity index (χ0v) is 19.2. The van der Waals surface area contributed by atoms with Gasteiger partial charge in [0.2, 0.25) is 0 Å². The second-order valence-corrected chi connectivity index (χ2v) is 8.65. The van der Waals surface area contributed by atoms with E-state index < -0.39 is 11.6 Å². The van der Waals surface area contributed by atoms with Gasteiger partial charge in [-0.15, -0.1) is 0 Å². The van der Waals surface area contributed by atoms with E-state index in [1.807, 2.05) is 36.4 Å². The van der Waals surface area contributed by atoms with Crippen LogP contribution in [0.25, 0.3) is 16.8 Å². The van der Waals surface area contributed by atoms with Gasteiger partial charge in [-0.3, -0.25) is 9.68 Å². The number of nitrogens with one attached hydrogen (secondary N) is 1. The lowest BCUT2D eigenvalue weighted by Gasteiger charge is -2.18. The highest BCUT2D eigenvalue weighted by atomic mass is 17.2. The van der Waals surface area contributed by atoms with Crippen molar-refractivity contribution < 1.29 is 19.4 Å². The van der Waals surface area contributed by atoms with Gasteiger partial charge in [-0.1, -0.05) is 42.5 Å². The van der Waals surface area contributed by atoms with Gasteiger partial charge in [0.05, 0.1) is 16.9 Å². The summed E-state index contributed by atoms with van der Waals surface area (Å²) in [7, 11) is 0. The van der Waals surface area contributed by atoms with Crippen LogP contribution in [0.2, 0.25) is 0 Å². The molecule has 3 aromatic carbocycles. The number of hydrogen-bond acceptors (Lipinski definition) is 5. The molecule has 0 bridgehead atoms. The predicted molar refractivity (Wildman–Crippen MR) is 130 cm³/mol. The second kappa shape index (κ2) is 9.72. The third-order valence-corrected chi connectivity index (χ3v) is 4.84. The molecule has 7 heteroatoms. The van der Waals surface area contributed by atoms with Crippen molar-refractivity contribution in [2.24, 2.45) is 0 Å². The molecule has 0 saturated carbocycles. The van der Waals surface area contributed by atoms with E-state index in [1.165, 1.54) is 0 Å². The quantitative estimate of drug-likeness (QED) is 0.299. The number of aromatic nitrogens is 2. The standard InChI is InChI=1S/C27H25N3O4/c1-27(2,3)34-33-26(32)23-14-13-20(19-9-5-4-6-10-19)18-24(23)29-25(31)21-11-7-12-22(17-21)30-16-8-15-28-30/h4-18H,1-3H3,(H,29,31). The largest absolute Gasteiger partial charge is 0.375 e. The highest BCUT2D eigenvalue weighted by molar-refractivity contribution is 6.08. The smallest absolute Gasteiger partial charge is 0.321 e. The maximum atomic E-state index is 13.2. The van der Waals surface area contributed by atoms with Gasteiger partial charge in [-0.2, -0.15) is 9.99 Å². The summed E-state index contributed by atoms with van der Waals surface area (Å²) >= 11 is 0. The molecule has 0 aliphatic carbocycles. The molecule has 4 rings (SSSR count). The Morgan fingerprint density at radius 1 is 0.882 bits per heavy atom. The van der Waals surface area contributed by atoms with E-state index in [0.717, 1.165) is 16.8 Å². The van der Waals surface area contributed by atoms with E-state index in [1.54, 1.807) is 80.3 Å². The summed E-state index contributed by atoms with van der Waals surface area (Å²) in [6.45, 7) is 5.32. The van der Waals surface area contributed by atoms with Crippen LogP contribution in [0.3, 0.4) is 0 Å². The third-order valence-electron chi connectivity index (χ3n) is 4.84. The molecule has 34 heavy (non-hydrogen) atoms. The number of benzene rings is 3. The summed E-state index contributed by atoms with van der Waals surface area (Å²) < 4.78 is 1.67. The summed E-state index contributed by atoms with van der Waals surface area (Å²) in [6.07, 6.45) is 3.46. The number of carbonyl (C=O) groups is 2. The van der Waals surface area contributed by atoms with Crippen molar-refractivity contribution in [2.75, 3.05) is 5.32 Å². The average molecular weight is 456 g/mol. The Hall–Kier alpha value is -4.23. The molecule has 7 nitrogen and oxygen atoms in total. The summed E-state index contributed by atoms with van der Waals surface area (Å²) in [5.74, 6) is -1.07. The van der Waals surface area contributed by atoms with Gasteiger partial charge in [0.25, 0.3) is 5.91 Å². The summed E-state index contributed by atoms with van der Waals surface area (Å²) in [5.41, 5.74) is 2.78. The molecule has 0 spiro atoms. The molecular formula is C27H25N3O4. The van der Waals surface area contributed by atoms with Gasteiger partial charge >= 0.3 is 5.97 Å². The molecule has 1 amide bonds. The fraction of sp³-hybridized carbons (Fsp3) is 0.148. The molecule has 4 aromatic rings. The molecule has 0 unspecified atom stereocenters. The van der Waals surface area contributed by atoms with Crippen molar-refractivity contribution in [3.05, 3.63) is 102 Å². The summed E-state index contributed by atoms with van der Waals surface area (Å²) in [4.78, 5) is 36.2. The monoisotopic (exact) mass is 455 g/mol. The zero-order valence-electron chi connectivity index (χ0n) is 19.2. The molecule has 1 aromatic heterocycles. The van der Waals surface area contributed by atoms with Crippen molar-refractivity contribution in [3.63, 3.8) is 0 Å². The third kappa shape index (κ3) is 5.57. The normalized spacial score (nSPS) is 11.1. The van der Waals surface area contributed by atoms with Gasteiger partial charge in [-0.25, -0.2) is 9.48 Å². The van der Waals surface area contributed by atoms with Crippen molar-refractivity contribution in [1.82, 2.24) is 9.78 Å². The molecule has 1 heterocycles. The van der Waals surface area contributed by atoms with Crippen LogP contribution < -0.4 is 5.32 Å². The Bertz CT molecular complexity index is 1290. The van der Waals surface area contributed by atoms with Gasteiger partial charge in [0.1, 0.15) is 5.60 Å². The Kier molecular flexibility index (Phi) is 6.56. The van der Waals surface area contributed by atoms with Gasteiger partial charge < -0.3 is 5.32 Å². The number of anilines is 1. The molecule has 1 N–H and O–H groups in total. The minimum atomic E-state index is -0.699. The van der Waals surface area contributed by atoms with Crippen LogP contribution in [0, 0.1) is 0 Å². The maximum Gasteiger partial charge on any atom is 0.375 e. The van der Waals surface area contributed by atoms with Crippen LogP contribution in [0.5, 0.6) is 0 Å². The Balaban J connectivity index is 1.66. The molecule has 0 aliphatic heterocycles. The zero-order chi connectivity index (χ0) is 24.1. The first kappa shape index (κ1) is 22.9. The van der Waals surface area contributed by atoms with Gasteiger partial charge in [0.15, 0.2) is 0 Å². The van der Waals surface area contributed by atoms with Crippen LogP contribution in [0.1, 0.15) is 41.5 Å². The molecule has 0 aliphatic rings. The lowest BCUT2D eigenvalue weighted by Crippen LogP contribution is -2.23. The first-order chi connectivity index (χ1) is 16.3. The SMILES string of the molecule is CC(C)(C)OOC(=O)c1ccc(-c2ccccc2)cc1NC(=O)c1cccc(-n2cccn2)c1. The number of carbonyl (C=O) groups excluding carboxylic acids is 2. The Morgan fingerprint density at radius 2 is 1.68 bits per heavy atom. The predicted octanol–water partition coefficient (Wildman–Crippen LogP) is 5.68. The fourth-order valence-corrected chi connectivity index (χ4v) is 3.25. The van der Waals surface area contributed by atoms with Crippen molar-refractivity contribution >= 4 is 17.6 Å². The van der Waals surface area contributed by atoms with E-state index in [0.29, 0.717) is 11.3 Å². The van der Waals surface area contributed by atoms with E-state index >= 15 is 0 Å². The maximum absolute atomic E-state index is 13.2. The molecular weight excluding hydrogens is 430 g/mol. The second-order valence-electron chi connectivity index (χ2n) is 8.65. The Morgan fingerprint density at radius 3 is 2.38 bits per heavy atom. The lowest BCUT2D eigenvalue weighted by molar-refractivity contribution is -0.301. The number of rotatable bonds is 6. The van der Waals surface area contributed by atoms with Gasteiger partial charge in [-0.05, 0) is 68.3 Å². The average Bonchev–Trinajstić information content (AvgIpc) is 3.38. The van der Waals surface area contributed by atoms with Crippen LogP contribution in [-0.4, -0.2) is 27.3 Å². The minimum absolute atomic E-state index is 0.181. The van der Waals surface area contributed by atoms with Gasteiger partial charge in [0, 0.05) is 18.0 Å². The highest BCUT2D eigenvalue weighted by Crippen LogP contribution is 2.27. The lowest BCUT2D eigenvalue weighted by atomic mass is 10.0. The first-order valence-corrected chi connectivity index (χ1v) is 10.8. The first-order valence-electron chi connectivity index (χ1n) is 10.8. The topological polar surface area (TPSA) is 82.5 Å². The number of amides is 1. The van der Waals surface area contributed by atoms with Crippen LogP contribution in [-0.2, 0) is 9.78 Å². The number of nitrogens with zero attached hydrogens (tertiary/aromatic N) is 2. The van der Waals surface area contributed by atoms with E-state index in [9.17, 15) is 9.59 Å². The van der Waals surface area contributed by atoms with E-state index in [-0.39, 0.29) is 11.5 Å². The molecule has 0 atom stereocenters. The molecule has 0 saturated heterocycles. The van der Waals surface area contributed by atoms with E-state index in [4.69, 9.17) is 9.78 Å². The fourth-order valence-electron chi connectivity index (χ4n) is 3.25. The summed E-state index contributed by atoms with van der Waals surface area (Å²) in [6, 6.07) is 23.7. The number of hydrogen-bond donors (Lipinski definition) is 1. The van der Waals surface area contributed by atoms with Crippen LogP contribution in [0.15, 0.2) is 91.3 Å². The van der Waals surface area contributed by atoms with Crippen LogP contribution in [0.4, 0.5) is 5.69 Å². The minimum Gasteiger partial charge on any atom is -0.321 e. The highest BCUT2D eigenvalue weighted by Gasteiger charge is 2.21. The Labute approximate surface area is 197 Å². The van der Waals surface area contributed by atoms with Crippen molar-refractivity contribution in [3.8, 4) is 16.8 Å². The molecule has 172 valence electrons. The van der Waals surface area contributed by atoms with Crippen molar-refractivity contribution in [2.45, 2.75) is 26.4 Å². The molecule has 0 radical (unpaired) electrons. The summed E-state index contributed by atoms with van der Waals surface area (Å²) in [5, 5.41) is 7.07. The van der Waals surface area contributed by atoms with Crippen molar-refractivity contribution in [1.29, 1.82) is 0 Å². The van der Waals surface area contributed by atoms with Crippen LogP contribution >= 0.6 is 0 Å².